The molecular formula is C37H47BrFN10O2P. The summed E-state index contributed by atoms with van der Waals surface area (Å²) in [6, 6.07) is 7.70. The van der Waals surface area contributed by atoms with E-state index in [9.17, 15) is 8.96 Å². The van der Waals surface area contributed by atoms with Crippen LogP contribution in [0.25, 0.3) is 16.6 Å². The highest BCUT2D eigenvalue weighted by atomic mass is 79.9. The highest BCUT2D eigenvalue weighted by molar-refractivity contribution is 9.10. The molecule has 2 fully saturated rings. The van der Waals surface area contributed by atoms with Gasteiger partial charge in [0.25, 0.3) is 0 Å². The monoisotopic (exact) mass is 792 g/mol. The van der Waals surface area contributed by atoms with Crippen molar-refractivity contribution in [2.45, 2.75) is 38.6 Å². The van der Waals surface area contributed by atoms with Crippen LogP contribution in [0.2, 0.25) is 0 Å². The molecule has 2 aromatic carbocycles. The van der Waals surface area contributed by atoms with Crippen LogP contribution in [-0.2, 0) is 4.57 Å². The van der Waals surface area contributed by atoms with Gasteiger partial charge in [-0.1, -0.05) is 0 Å². The van der Waals surface area contributed by atoms with Gasteiger partial charge in [0.15, 0.2) is 0 Å². The van der Waals surface area contributed by atoms with Gasteiger partial charge in [-0.15, -0.1) is 0 Å². The minimum atomic E-state index is -2.79. The lowest BCUT2D eigenvalue weighted by atomic mass is 9.71. The Morgan fingerprint density at radius 1 is 1.10 bits per heavy atom. The van der Waals surface area contributed by atoms with Crippen molar-refractivity contribution < 1.29 is 13.7 Å². The van der Waals surface area contributed by atoms with E-state index < -0.39 is 7.14 Å². The molecule has 12 nitrogen and oxygen atoms in total. The molecule has 4 heterocycles. The van der Waals surface area contributed by atoms with Gasteiger partial charge in [-0.05, 0) is 98.6 Å². The van der Waals surface area contributed by atoms with Gasteiger partial charge in [0, 0.05) is 80.1 Å². The number of alkyl halides is 1. The zero-order chi connectivity index (χ0) is 37.0. The van der Waals surface area contributed by atoms with Crippen molar-refractivity contribution in [3.8, 4) is 5.75 Å². The number of hydrogen-bond acceptors (Lipinski definition) is 12. The molecule has 0 radical (unpaired) electrons. The van der Waals surface area contributed by atoms with Gasteiger partial charge in [-0.25, -0.2) is 9.37 Å². The third-order valence-corrected chi connectivity index (χ3v) is 12.5. The summed E-state index contributed by atoms with van der Waals surface area (Å²) in [6.07, 6.45) is 12.5. The van der Waals surface area contributed by atoms with Gasteiger partial charge in [0.05, 0.1) is 33.8 Å². The number of hydrogen-bond donors (Lipinski definition) is 3. The molecule has 0 saturated carbocycles. The quantitative estimate of drug-likeness (QED) is 0.107. The number of fused-ring (bicyclic) bond motifs is 1. The summed E-state index contributed by atoms with van der Waals surface area (Å²) in [5, 5.41) is 7.32. The lowest BCUT2D eigenvalue weighted by molar-refractivity contribution is 0.0520. The average molecular weight is 794 g/mol. The molecule has 2 aliphatic rings. The van der Waals surface area contributed by atoms with Crippen molar-refractivity contribution in [3.63, 3.8) is 0 Å². The minimum absolute atomic E-state index is 0.0165. The van der Waals surface area contributed by atoms with Crippen LogP contribution in [-0.4, -0.2) is 97.4 Å². The summed E-state index contributed by atoms with van der Waals surface area (Å²) in [6.45, 7) is 8.77. The van der Waals surface area contributed by atoms with Gasteiger partial charge >= 0.3 is 0 Å². The lowest BCUT2D eigenvalue weighted by Gasteiger charge is -2.48. The van der Waals surface area contributed by atoms with E-state index in [1.807, 2.05) is 31.2 Å². The number of likely N-dealkylation sites (tertiary alicyclic amines) is 1. The Kier molecular flexibility index (Phi) is 11.5. The SMILES string of the molecule is CN=CC(=CN)c1cc(Nc2ncc(Br)c(Nc3ccc4nccnc4c3P(C)(C)=O)n2)c(OC)cc1N1CCC2(CC1)CCN(C(C)CF)CC2. The first-order valence-corrected chi connectivity index (χ1v) is 20.9. The summed E-state index contributed by atoms with van der Waals surface area (Å²) in [4.78, 5) is 27.2. The van der Waals surface area contributed by atoms with E-state index in [4.69, 9.17) is 15.5 Å². The van der Waals surface area contributed by atoms with Crippen LogP contribution in [0.3, 0.4) is 0 Å². The first-order chi connectivity index (χ1) is 25.0. The number of aromatic nitrogens is 4. The number of ether oxygens (including phenoxy) is 1. The van der Waals surface area contributed by atoms with Crippen LogP contribution in [0.15, 0.2) is 58.5 Å². The molecule has 1 atom stereocenters. The van der Waals surface area contributed by atoms with E-state index in [0.29, 0.717) is 49.7 Å². The number of halogens is 2. The highest BCUT2D eigenvalue weighted by Gasteiger charge is 2.39. The molecule has 15 heteroatoms. The second-order valence-corrected chi connectivity index (χ2v) is 18.0. The zero-order valence-electron chi connectivity index (χ0n) is 30.4. The molecule has 52 heavy (non-hydrogen) atoms. The number of nitrogens with one attached hydrogen (secondary N) is 2. The number of benzene rings is 2. The zero-order valence-corrected chi connectivity index (χ0v) is 32.8. The second-order valence-electron chi connectivity index (χ2n) is 14.0. The van der Waals surface area contributed by atoms with Crippen molar-refractivity contribution >= 4 is 80.0 Å². The van der Waals surface area contributed by atoms with E-state index in [1.165, 1.54) is 0 Å². The molecule has 2 aromatic heterocycles. The molecule has 1 spiro atoms. The first kappa shape index (κ1) is 37.6. The van der Waals surface area contributed by atoms with Gasteiger partial charge in [-0.3, -0.25) is 19.9 Å². The maximum atomic E-state index is 13.5. The van der Waals surface area contributed by atoms with Crippen molar-refractivity contribution in [2.75, 3.05) is 75.9 Å². The molecule has 0 bridgehead atoms. The predicted octanol–water partition coefficient (Wildman–Crippen LogP) is 6.97. The van der Waals surface area contributed by atoms with Gasteiger partial charge in [0.2, 0.25) is 5.95 Å². The third kappa shape index (κ3) is 7.94. The smallest absolute Gasteiger partial charge is 0.229 e. The molecule has 0 aliphatic carbocycles. The number of nitrogens with two attached hydrogens (primary N) is 1. The van der Waals surface area contributed by atoms with Crippen molar-refractivity contribution in [3.05, 3.63) is 59.1 Å². The molecule has 276 valence electrons. The number of anilines is 5. The normalized spacial score (nSPS) is 17.5. The van der Waals surface area contributed by atoms with Crippen molar-refractivity contribution in [1.29, 1.82) is 0 Å². The van der Waals surface area contributed by atoms with Crippen LogP contribution in [0.5, 0.6) is 5.75 Å². The van der Waals surface area contributed by atoms with Crippen molar-refractivity contribution in [1.82, 2.24) is 24.8 Å². The maximum Gasteiger partial charge on any atom is 0.229 e. The molecule has 0 amide bonds. The fourth-order valence-electron chi connectivity index (χ4n) is 7.36. The van der Waals surface area contributed by atoms with Crippen LogP contribution >= 0.6 is 23.1 Å². The summed E-state index contributed by atoms with van der Waals surface area (Å²) in [7, 11) is 0.574. The third-order valence-electron chi connectivity index (χ3n) is 10.3. The number of aliphatic imine (C=N–C) groups is 1. The highest BCUT2D eigenvalue weighted by Crippen LogP contribution is 2.45. The molecule has 4 N–H and O–H groups in total. The molecular weight excluding hydrogens is 746 g/mol. The number of piperidine rings is 2. The molecule has 6 rings (SSSR count). The Morgan fingerprint density at radius 2 is 1.81 bits per heavy atom. The Bertz CT molecular complexity index is 2020. The maximum absolute atomic E-state index is 13.5. The molecule has 4 aromatic rings. The van der Waals surface area contributed by atoms with E-state index in [2.05, 4.69) is 56.3 Å². The van der Waals surface area contributed by atoms with E-state index in [0.717, 1.165) is 68.7 Å². The Labute approximate surface area is 313 Å². The Hall–Kier alpha value is -4.13. The first-order valence-electron chi connectivity index (χ1n) is 17.5. The van der Waals surface area contributed by atoms with Crippen LogP contribution in [0, 0.1) is 5.41 Å². The van der Waals surface area contributed by atoms with Crippen LogP contribution < -0.4 is 31.3 Å². The Balaban J connectivity index is 1.29. The number of methoxy groups -OCH3 is 1. The summed E-state index contributed by atoms with van der Waals surface area (Å²) in [5.41, 5.74) is 11.7. The largest absolute Gasteiger partial charge is 0.494 e. The summed E-state index contributed by atoms with van der Waals surface area (Å²) in [5.74, 6) is 1.41. The average Bonchev–Trinajstić information content (AvgIpc) is 3.15. The fraction of sp³-hybridized carbons (Fsp3) is 0.432. The number of nitrogens with zero attached hydrogens (tertiary/aromatic N) is 7. The standard InChI is InChI=1S/C37H47BrFN10O2P/c1-24(20-39)48-14-8-37(9-15-48)10-16-49(17-11-37)31-19-32(51-3)30(18-26(31)25(21-40)22-41-2)46-36-44-23-27(38)35(47-36)45-29-7-6-28-33(43-13-12-42-28)34(29)52(4,5)50/h6-7,12-13,18-19,21-24H,8-11,14-17,20,40H2,1-5H3,(H2,44,45,46,47). The van der Waals surface area contributed by atoms with Crippen molar-refractivity contribution in [2.24, 2.45) is 16.1 Å². The van der Waals surface area contributed by atoms with Crippen LogP contribution in [0.1, 0.15) is 38.2 Å². The van der Waals surface area contributed by atoms with Gasteiger partial charge in [-0.2, -0.15) is 4.98 Å². The van der Waals surface area contributed by atoms with Gasteiger partial charge in [0.1, 0.15) is 30.9 Å². The van der Waals surface area contributed by atoms with E-state index in [1.54, 1.807) is 58.5 Å². The summed E-state index contributed by atoms with van der Waals surface area (Å²) < 4.78 is 33.4. The molecule has 2 aliphatic heterocycles. The topological polar surface area (TPSA) is 147 Å². The Morgan fingerprint density at radius 3 is 2.46 bits per heavy atom. The summed E-state index contributed by atoms with van der Waals surface area (Å²) >= 11 is 3.58. The molecule has 2 saturated heterocycles. The van der Waals surface area contributed by atoms with Crippen LogP contribution in [0.4, 0.5) is 33.2 Å². The lowest BCUT2D eigenvalue weighted by Crippen LogP contribution is -2.49. The minimum Gasteiger partial charge on any atom is -0.494 e. The van der Waals surface area contributed by atoms with E-state index >= 15 is 0 Å². The number of allylic oxidation sites excluding steroid dienone is 1. The second kappa shape index (κ2) is 15.9. The number of rotatable bonds is 11. The van der Waals surface area contributed by atoms with E-state index in [-0.39, 0.29) is 18.1 Å². The van der Waals surface area contributed by atoms with Gasteiger partial charge < -0.3 is 30.6 Å². The molecule has 1 unspecified atom stereocenters. The predicted molar refractivity (Wildman–Crippen MR) is 215 cm³/mol. The fourth-order valence-corrected chi connectivity index (χ4v) is 9.04.